The number of hydroxylamine groups is 2. The number of benzene rings is 3. The van der Waals surface area contributed by atoms with Crippen LogP contribution >= 0.6 is 0 Å². The number of hydrogen-bond acceptors (Lipinski definition) is 8. The summed E-state index contributed by atoms with van der Waals surface area (Å²) < 4.78 is 88.1. The minimum absolute atomic E-state index is 0.0602. The Morgan fingerprint density at radius 1 is 0.625 bits per heavy atom. The van der Waals surface area contributed by atoms with E-state index in [1.807, 2.05) is 6.92 Å². The van der Waals surface area contributed by atoms with Gasteiger partial charge in [0, 0.05) is 19.6 Å². The van der Waals surface area contributed by atoms with Crippen LogP contribution in [0.15, 0.2) is 87.5 Å². The number of rotatable bonds is 7. The summed E-state index contributed by atoms with van der Waals surface area (Å²) >= 11 is 0. The van der Waals surface area contributed by atoms with Gasteiger partial charge in [-0.2, -0.15) is 21.1 Å². The number of hydrogen-bond donors (Lipinski definition) is 1. The summed E-state index contributed by atoms with van der Waals surface area (Å²) in [6.45, 7) is 4.76. The lowest BCUT2D eigenvalue weighted by atomic mass is 10.2. The summed E-state index contributed by atoms with van der Waals surface area (Å²) in [6.07, 6.45) is 0. The monoisotopic (exact) mass is 608 g/mol. The first-order valence-corrected chi connectivity index (χ1v) is 17.1. The summed E-state index contributed by atoms with van der Waals surface area (Å²) in [6, 6.07) is 18.2. The van der Waals surface area contributed by atoms with E-state index in [4.69, 9.17) is 4.28 Å². The quantitative estimate of drug-likeness (QED) is 0.406. The molecule has 0 spiro atoms. The van der Waals surface area contributed by atoms with Crippen LogP contribution in [0.25, 0.3) is 0 Å². The van der Waals surface area contributed by atoms with Gasteiger partial charge in [-0.1, -0.05) is 61.4 Å². The van der Waals surface area contributed by atoms with Crippen molar-refractivity contribution in [3.63, 3.8) is 0 Å². The Morgan fingerprint density at radius 3 is 1.62 bits per heavy atom. The first-order valence-electron chi connectivity index (χ1n) is 12.8. The van der Waals surface area contributed by atoms with E-state index in [-0.39, 0.29) is 47.4 Å². The molecule has 1 saturated heterocycles. The van der Waals surface area contributed by atoms with Crippen molar-refractivity contribution in [2.75, 3.05) is 39.3 Å². The molecule has 0 radical (unpaired) electrons. The number of sulfonamides is 2. The Hall–Kier alpha value is -2.65. The van der Waals surface area contributed by atoms with E-state index < -0.39 is 40.8 Å². The molecule has 0 aliphatic carbocycles. The minimum atomic E-state index is -4.59. The standard InChI is InChI=1S/C27H34N3O7S3/c1-22-4-10-25(11-5-22)38(31,32)29-18-16-28-17-20-30(21-19-29,39(33,34)26-12-6-23(2)7-13-26)37-40(35,36)27-14-8-24(3)9-15-27/h4-15,28H,16-21H2,1-3H3/q+1. The zero-order chi connectivity index (χ0) is 29.2. The minimum Gasteiger partial charge on any atom is -0.310 e. The molecular formula is C27H34N3O7S3+. The molecule has 40 heavy (non-hydrogen) atoms. The molecule has 4 rings (SSSR count). The molecule has 1 atom stereocenters. The smallest absolute Gasteiger partial charge is 0.310 e. The van der Waals surface area contributed by atoms with E-state index in [1.54, 1.807) is 50.2 Å². The predicted octanol–water partition coefficient (Wildman–Crippen LogP) is 2.73. The summed E-state index contributed by atoms with van der Waals surface area (Å²) in [5, 5.41) is 3.05. The van der Waals surface area contributed by atoms with Gasteiger partial charge in [-0.15, -0.1) is 0 Å². The van der Waals surface area contributed by atoms with Crippen molar-refractivity contribution in [1.29, 1.82) is 0 Å². The van der Waals surface area contributed by atoms with Crippen LogP contribution in [0.4, 0.5) is 0 Å². The van der Waals surface area contributed by atoms with Crippen LogP contribution in [0.3, 0.4) is 0 Å². The molecule has 0 amide bonds. The molecule has 1 aliphatic rings. The lowest BCUT2D eigenvalue weighted by molar-refractivity contribution is -0.975. The maximum Gasteiger partial charge on any atom is 0.358 e. The van der Waals surface area contributed by atoms with Crippen molar-refractivity contribution in [3.05, 3.63) is 89.5 Å². The molecule has 0 aromatic heterocycles. The van der Waals surface area contributed by atoms with Crippen LogP contribution in [-0.2, 0) is 34.4 Å². The Labute approximate surface area is 237 Å². The normalized spacial score (nSPS) is 19.9. The summed E-state index contributed by atoms with van der Waals surface area (Å²) in [5.74, 6) is 0. The van der Waals surface area contributed by atoms with E-state index in [1.165, 1.54) is 36.4 Å². The van der Waals surface area contributed by atoms with Crippen molar-refractivity contribution >= 4 is 30.2 Å². The molecule has 216 valence electrons. The third kappa shape index (κ3) is 6.30. The molecule has 1 aliphatic heterocycles. The molecule has 1 heterocycles. The van der Waals surface area contributed by atoms with Crippen molar-refractivity contribution in [1.82, 2.24) is 9.62 Å². The predicted molar refractivity (Wildman–Crippen MR) is 151 cm³/mol. The van der Waals surface area contributed by atoms with Crippen molar-refractivity contribution in [3.8, 4) is 0 Å². The van der Waals surface area contributed by atoms with E-state index in [0.29, 0.717) is 0 Å². The van der Waals surface area contributed by atoms with Crippen LogP contribution < -0.4 is 5.32 Å². The average molecular weight is 609 g/mol. The molecule has 1 N–H and O–H groups in total. The fourth-order valence-corrected chi connectivity index (χ4v) is 8.92. The Balaban J connectivity index is 1.81. The largest absolute Gasteiger partial charge is 0.358 e. The van der Waals surface area contributed by atoms with E-state index >= 15 is 0 Å². The van der Waals surface area contributed by atoms with E-state index in [2.05, 4.69) is 5.32 Å². The number of nitrogens with zero attached hydrogens (tertiary/aromatic N) is 2. The van der Waals surface area contributed by atoms with Crippen molar-refractivity contribution in [2.24, 2.45) is 0 Å². The van der Waals surface area contributed by atoms with E-state index in [9.17, 15) is 25.3 Å². The van der Waals surface area contributed by atoms with Gasteiger partial charge in [0.05, 0.1) is 16.3 Å². The number of quaternary nitrogens is 1. The zero-order valence-corrected chi connectivity index (χ0v) is 25.1. The van der Waals surface area contributed by atoms with Gasteiger partial charge in [-0.25, -0.2) is 8.42 Å². The van der Waals surface area contributed by atoms with Crippen molar-refractivity contribution in [2.45, 2.75) is 35.5 Å². The molecule has 0 saturated carbocycles. The van der Waals surface area contributed by atoms with Gasteiger partial charge in [-0.05, 0) is 57.2 Å². The van der Waals surface area contributed by atoms with Crippen LogP contribution in [0.1, 0.15) is 16.7 Å². The zero-order valence-electron chi connectivity index (χ0n) is 22.6. The fraction of sp³-hybridized carbons (Fsp3) is 0.333. The lowest BCUT2D eigenvalue weighted by Crippen LogP contribution is -2.58. The number of aryl methyl sites for hydroxylation is 3. The van der Waals surface area contributed by atoms with Gasteiger partial charge in [0.2, 0.25) is 10.0 Å². The average Bonchev–Trinajstić information content (AvgIpc) is 3.01. The highest BCUT2D eigenvalue weighted by molar-refractivity contribution is 7.89. The van der Waals surface area contributed by atoms with Gasteiger partial charge < -0.3 is 5.32 Å². The van der Waals surface area contributed by atoms with Gasteiger partial charge in [-0.3, -0.25) is 0 Å². The number of nitrogens with one attached hydrogen (secondary N) is 1. The molecule has 10 nitrogen and oxygen atoms in total. The maximum atomic E-state index is 14.2. The molecule has 1 fully saturated rings. The highest BCUT2D eigenvalue weighted by atomic mass is 32.2. The fourth-order valence-electron chi connectivity index (χ4n) is 4.35. The lowest BCUT2D eigenvalue weighted by Gasteiger charge is -2.33. The van der Waals surface area contributed by atoms with Crippen LogP contribution in [0.5, 0.6) is 0 Å². The summed E-state index contributed by atoms with van der Waals surface area (Å²) in [4.78, 5) is -0.277. The Morgan fingerprint density at radius 2 is 1.10 bits per heavy atom. The van der Waals surface area contributed by atoms with Gasteiger partial charge >= 0.3 is 20.1 Å². The molecule has 0 bridgehead atoms. The topological polar surface area (TPSA) is 127 Å². The summed E-state index contributed by atoms with van der Waals surface area (Å²) in [5.41, 5.74) is 2.53. The van der Waals surface area contributed by atoms with Crippen LogP contribution in [0, 0.1) is 20.8 Å². The highest BCUT2D eigenvalue weighted by Crippen LogP contribution is 2.30. The second-order valence-electron chi connectivity index (χ2n) is 9.86. The van der Waals surface area contributed by atoms with Crippen LogP contribution in [-0.4, -0.2) is 72.9 Å². The third-order valence-corrected chi connectivity index (χ3v) is 12.3. The maximum absolute atomic E-state index is 14.2. The third-order valence-electron chi connectivity index (χ3n) is 6.82. The molecule has 3 aromatic carbocycles. The van der Waals surface area contributed by atoms with Gasteiger partial charge in [0.1, 0.15) is 18.0 Å². The van der Waals surface area contributed by atoms with E-state index in [0.717, 1.165) is 21.0 Å². The first-order chi connectivity index (χ1) is 18.8. The molecular weight excluding hydrogens is 575 g/mol. The van der Waals surface area contributed by atoms with Crippen molar-refractivity contribution < 1.29 is 33.6 Å². The second kappa shape index (κ2) is 11.7. The van der Waals surface area contributed by atoms with Gasteiger partial charge in [0.25, 0.3) is 0 Å². The Kier molecular flexibility index (Phi) is 8.85. The molecule has 13 heteroatoms. The van der Waals surface area contributed by atoms with Gasteiger partial charge in [0.15, 0.2) is 0 Å². The first kappa shape index (κ1) is 30.3. The highest BCUT2D eigenvalue weighted by Gasteiger charge is 2.50. The Bertz CT molecular complexity index is 1660. The summed E-state index contributed by atoms with van der Waals surface area (Å²) in [7, 11) is -13.1. The SMILES string of the molecule is Cc1ccc(S(=O)(=O)O[N+]2(S(=O)(=O)c3ccc(C)cc3)CCNCCN(S(=O)(=O)c3ccc(C)cc3)CC2)cc1. The molecule has 3 aromatic rings. The molecule has 1 unspecified atom stereocenters. The second-order valence-corrected chi connectivity index (χ2v) is 15.4. The van der Waals surface area contributed by atoms with Crippen LogP contribution in [0.2, 0.25) is 0 Å².